The fourth-order valence-electron chi connectivity index (χ4n) is 1.84. The number of ether oxygens (including phenoxy) is 1. The smallest absolute Gasteiger partial charge is 0.125 e. The van der Waals surface area contributed by atoms with Crippen molar-refractivity contribution < 1.29 is 9.13 Å². The van der Waals surface area contributed by atoms with E-state index < -0.39 is 0 Å². The average Bonchev–Trinajstić information content (AvgIpc) is 2.41. The van der Waals surface area contributed by atoms with Crippen molar-refractivity contribution >= 4 is 21.6 Å². The summed E-state index contributed by atoms with van der Waals surface area (Å²) in [5.41, 5.74) is 1.77. The van der Waals surface area contributed by atoms with Gasteiger partial charge in [0.15, 0.2) is 0 Å². The number of nitrogens with one attached hydrogen (secondary N) is 1. The van der Waals surface area contributed by atoms with Gasteiger partial charge in [-0.3, -0.25) is 0 Å². The van der Waals surface area contributed by atoms with Crippen molar-refractivity contribution in [2.24, 2.45) is 0 Å². The summed E-state index contributed by atoms with van der Waals surface area (Å²) in [6.45, 7) is 4.56. The molecule has 0 saturated heterocycles. The van der Waals surface area contributed by atoms with Crippen molar-refractivity contribution in [2.75, 3.05) is 5.32 Å². The second kappa shape index (κ2) is 6.75. The number of halogens is 2. The molecule has 0 aliphatic rings. The summed E-state index contributed by atoms with van der Waals surface area (Å²) < 4.78 is 19.8. The van der Waals surface area contributed by atoms with E-state index in [0.717, 1.165) is 21.5 Å². The van der Waals surface area contributed by atoms with E-state index in [0.29, 0.717) is 6.54 Å². The highest BCUT2D eigenvalue weighted by atomic mass is 79.9. The molecule has 0 fully saturated rings. The number of hydrogen-bond acceptors (Lipinski definition) is 2. The topological polar surface area (TPSA) is 21.3 Å². The molecule has 0 aliphatic carbocycles. The Morgan fingerprint density at radius 1 is 1.20 bits per heavy atom. The zero-order valence-corrected chi connectivity index (χ0v) is 13.1. The van der Waals surface area contributed by atoms with Gasteiger partial charge in [-0.25, -0.2) is 4.39 Å². The number of benzene rings is 2. The van der Waals surface area contributed by atoms with Crippen LogP contribution < -0.4 is 10.1 Å². The van der Waals surface area contributed by atoms with Crippen LogP contribution in [0.15, 0.2) is 46.9 Å². The maximum Gasteiger partial charge on any atom is 0.125 e. The minimum atomic E-state index is -0.262. The van der Waals surface area contributed by atoms with E-state index in [9.17, 15) is 4.39 Å². The molecule has 0 unspecified atom stereocenters. The Morgan fingerprint density at radius 2 is 1.95 bits per heavy atom. The van der Waals surface area contributed by atoms with Crippen LogP contribution >= 0.6 is 15.9 Å². The van der Waals surface area contributed by atoms with Gasteiger partial charge >= 0.3 is 0 Å². The molecule has 106 valence electrons. The maximum absolute atomic E-state index is 13.2. The Hall–Kier alpha value is -1.55. The van der Waals surface area contributed by atoms with Crippen LogP contribution in [0, 0.1) is 5.82 Å². The normalized spacial score (nSPS) is 10.7. The van der Waals surface area contributed by atoms with E-state index in [1.54, 1.807) is 6.07 Å². The van der Waals surface area contributed by atoms with E-state index >= 15 is 0 Å². The molecular weight excluding hydrogens is 321 g/mol. The highest BCUT2D eigenvalue weighted by molar-refractivity contribution is 9.10. The van der Waals surface area contributed by atoms with Crippen LogP contribution in [0.25, 0.3) is 0 Å². The first kappa shape index (κ1) is 14.9. The SMILES string of the molecule is CC(C)Oc1ccccc1CNc1cc(F)ccc1Br. The molecule has 0 spiro atoms. The van der Waals surface area contributed by atoms with Crippen LogP contribution in [0.3, 0.4) is 0 Å². The van der Waals surface area contributed by atoms with Gasteiger partial charge in [-0.1, -0.05) is 18.2 Å². The lowest BCUT2D eigenvalue weighted by Crippen LogP contribution is -2.09. The molecule has 2 aromatic rings. The van der Waals surface area contributed by atoms with Crippen molar-refractivity contribution in [3.63, 3.8) is 0 Å². The Kier molecular flexibility index (Phi) is 5.01. The van der Waals surface area contributed by atoms with Gasteiger partial charge < -0.3 is 10.1 Å². The highest BCUT2D eigenvalue weighted by Gasteiger charge is 2.06. The number of rotatable bonds is 5. The van der Waals surface area contributed by atoms with Crippen LogP contribution in [0.1, 0.15) is 19.4 Å². The van der Waals surface area contributed by atoms with Crippen molar-refractivity contribution in [3.05, 3.63) is 58.3 Å². The molecule has 0 aromatic heterocycles. The average molecular weight is 338 g/mol. The fourth-order valence-corrected chi connectivity index (χ4v) is 2.23. The molecule has 2 rings (SSSR count). The molecule has 2 nitrogen and oxygen atoms in total. The minimum absolute atomic E-state index is 0.122. The predicted octanol–water partition coefficient (Wildman–Crippen LogP) is 4.99. The predicted molar refractivity (Wildman–Crippen MR) is 83.6 cm³/mol. The molecular formula is C16H17BrFNO. The third-order valence-corrected chi connectivity index (χ3v) is 3.42. The van der Waals surface area contributed by atoms with Crippen molar-refractivity contribution in [1.82, 2.24) is 0 Å². The Balaban J connectivity index is 2.12. The van der Waals surface area contributed by atoms with Gasteiger partial charge in [-0.15, -0.1) is 0 Å². The highest BCUT2D eigenvalue weighted by Crippen LogP contribution is 2.25. The molecule has 1 N–H and O–H groups in total. The summed E-state index contributed by atoms with van der Waals surface area (Å²) in [7, 11) is 0. The Bertz CT molecular complexity index is 586. The molecule has 20 heavy (non-hydrogen) atoms. The fraction of sp³-hybridized carbons (Fsp3) is 0.250. The molecule has 0 bridgehead atoms. The van der Waals surface area contributed by atoms with Crippen LogP contribution in [-0.4, -0.2) is 6.10 Å². The zero-order chi connectivity index (χ0) is 14.5. The van der Waals surface area contributed by atoms with Crippen LogP contribution in [0.5, 0.6) is 5.75 Å². The summed E-state index contributed by atoms with van der Waals surface area (Å²) in [5.74, 6) is 0.588. The van der Waals surface area contributed by atoms with Gasteiger partial charge in [0.2, 0.25) is 0 Å². The third kappa shape index (κ3) is 3.97. The first-order chi connectivity index (χ1) is 9.56. The largest absolute Gasteiger partial charge is 0.491 e. The molecule has 0 heterocycles. The van der Waals surface area contributed by atoms with Gasteiger partial charge in [-0.2, -0.15) is 0 Å². The number of hydrogen-bond donors (Lipinski definition) is 1. The number of anilines is 1. The van der Waals surface area contributed by atoms with Gasteiger partial charge in [0.05, 0.1) is 11.8 Å². The van der Waals surface area contributed by atoms with Gasteiger partial charge in [0.25, 0.3) is 0 Å². The van der Waals surface area contributed by atoms with E-state index in [2.05, 4.69) is 21.2 Å². The Morgan fingerprint density at radius 3 is 2.70 bits per heavy atom. The van der Waals surface area contributed by atoms with Gasteiger partial charge in [0, 0.05) is 16.6 Å². The molecule has 0 atom stereocenters. The van der Waals surface area contributed by atoms with Crippen molar-refractivity contribution in [3.8, 4) is 5.75 Å². The standard InChI is InChI=1S/C16H17BrFNO/c1-11(2)20-16-6-4-3-5-12(16)10-19-15-9-13(18)7-8-14(15)17/h3-9,11,19H,10H2,1-2H3. The van der Waals surface area contributed by atoms with Crippen molar-refractivity contribution in [2.45, 2.75) is 26.5 Å². The summed E-state index contributed by atoms with van der Waals surface area (Å²) in [6, 6.07) is 12.4. The molecule has 0 aliphatic heterocycles. The van der Waals surface area contributed by atoms with E-state index in [1.165, 1.54) is 12.1 Å². The molecule has 4 heteroatoms. The second-order valence-corrected chi connectivity index (χ2v) is 5.61. The lowest BCUT2D eigenvalue weighted by atomic mass is 10.2. The lowest BCUT2D eigenvalue weighted by molar-refractivity contribution is 0.240. The van der Waals surface area contributed by atoms with Crippen LogP contribution in [0.2, 0.25) is 0 Å². The van der Waals surface area contributed by atoms with Gasteiger partial charge in [0.1, 0.15) is 11.6 Å². The molecule has 0 radical (unpaired) electrons. The molecule has 2 aromatic carbocycles. The molecule has 0 amide bonds. The van der Waals surface area contributed by atoms with E-state index in [4.69, 9.17) is 4.74 Å². The first-order valence-corrected chi connectivity index (χ1v) is 7.29. The Labute approximate surface area is 127 Å². The number of para-hydroxylation sites is 1. The van der Waals surface area contributed by atoms with Crippen LogP contribution in [-0.2, 0) is 6.54 Å². The summed E-state index contributed by atoms with van der Waals surface area (Å²) in [5, 5.41) is 3.22. The quantitative estimate of drug-likeness (QED) is 0.829. The van der Waals surface area contributed by atoms with Gasteiger partial charge in [-0.05, 0) is 54.0 Å². The maximum atomic E-state index is 13.2. The summed E-state index contributed by atoms with van der Waals surface area (Å²) in [6.07, 6.45) is 0.122. The molecule has 0 saturated carbocycles. The van der Waals surface area contributed by atoms with Crippen LogP contribution in [0.4, 0.5) is 10.1 Å². The lowest BCUT2D eigenvalue weighted by Gasteiger charge is -2.15. The first-order valence-electron chi connectivity index (χ1n) is 6.49. The second-order valence-electron chi connectivity index (χ2n) is 4.75. The zero-order valence-electron chi connectivity index (χ0n) is 11.5. The summed E-state index contributed by atoms with van der Waals surface area (Å²) in [4.78, 5) is 0. The summed E-state index contributed by atoms with van der Waals surface area (Å²) >= 11 is 3.40. The third-order valence-electron chi connectivity index (χ3n) is 2.73. The van der Waals surface area contributed by atoms with E-state index in [-0.39, 0.29) is 11.9 Å². The van der Waals surface area contributed by atoms with E-state index in [1.807, 2.05) is 38.1 Å². The monoisotopic (exact) mass is 337 g/mol. The van der Waals surface area contributed by atoms with Crippen molar-refractivity contribution in [1.29, 1.82) is 0 Å². The minimum Gasteiger partial charge on any atom is -0.491 e.